The van der Waals surface area contributed by atoms with Crippen LogP contribution in [0, 0.1) is 0 Å². The molecule has 1 nitrogen and oxygen atoms in total. The first kappa shape index (κ1) is 6.23. The van der Waals surface area contributed by atoms with Gasteiger partial charge in [0.1, 0.15) is 0 Å². The third-order valence-corrected chi connectivity index (χ3v) is 1.88. The standard InChI is InChI=1S/C10H9N/c1-7-9-5-3-4-6-10(9)8(2)11-7/h3-6,11H,1-2H2. The summed E-state index contributed by atoms with van der Waals surface area (Å²) in [4.78, 5) is 3.09. The van der Waals surface area contributed by atoms with Crippen LogP contribution in [0.5, 0.6) is 0 Å². The molecule has 0 aliphatic heterocycles. The number of aromatic nitrogens is 1. The van der Waals surface area contributed by atoms with Crippen molar-refractivity contribution in [3.8, 4) is 0 Å². The van der Waals surface area contributed by atoms with Crippen LogP contribution < -0.4 is 10.7 Å². The first-order valence-electron chi connectivity index (χ1n) is 3.53. The van der Waals surface area contributed by atoms with E-state index in [1.165, 1.54) is 0 Å². The molecule has 0 spiro atoms. The van der Waals surface area contributed by atoms with Crippen LogP contribution in [0.2, 0.25) is 0 Å². The van der Waals surface area contributed by atoms with Crippen LogP contribution in [-0.4, -0.2) is 4.98 Å². The second kappa shape index (κ2) is 1.99. The summed E-state index contributed by atoms with van der Waals surface area (Å²) in [6, 6.07) is 8.10. The Balaban J connectivity index is 3.20. The van der Waals surface area contributed by atoms with Crippen LogP contribution in [0.25, 0.3) is 23.9 Å². The molecule has 0 saturated carbocycles. The van der Waals surface area contributed by atoms with Crippen molar-refractivity contribution in [2.75, 3.05) is 0 Å². The Labute approximate surface area is 64.7 Å². The average Bonchev–Trinajstić information content (AvgIpc) is 2.30. The highest BCUT2D eigenvalue weighted by molar-refractivity contribution is 5.82. The van der Waals surface area contributed by atoms with Gasteiger partial charge in [0.05, 0.1) is 0 Å². The zero-order chi connectivity index (χ0) is 7.84. The Bertz CT molecular complexity index is 435. The van der Waals surface area contributed by atoms with E-state index < -0.39 is 0 Å². The van der Waals surface area contributed by atoms with Crippen molar-refractivity contribution in [2.24, 2.45) is 0 Å². The van der Waals surface area contributed by atoms with Gasteiger partial charge >= 0.3 is 0 Å². The average molecular weight is 143 g/mol. The summed E-state index contributed by atoms with van der Waals surface area (Å²) in [5, 5.41) is 4.23. The van der Waals surface area contributed by atoms with Crippen molar-refractivity contribution in [3.05, 3.63) is 35.0 Å². The number of rotatable bonds is 0. The second-order valence-corrected chi connectivity index (χ2v) is 2.63. The highest BCUT2D eigenvalue weighted by Gasteiger charge is 1.93. The van der Waals surface area contributed by atoms with Gasteiger partial charge < -0.3 is 4.98 Å². The normalized spacial score (nSPS) is 10.5. The molecule has 1 heterocycles. The summed E-state index contributed by atoms with van der Waals surface area (Å²) >= 11 is 0. The van der Waals surface area contributed by atoms with Gasteiger partial charge in [0.15, 0.2) is 0 Å². The third kappa shape index (κ3) is 0.777. The van der Waals surface area contributed by atoms with Gasteiger partial charge in [0.2, 0.25) is 0 Å². The lowest BCUT2D eigenvalue weighted by molar-refractivity contribution is 1.30. The largest absolute Gasteiger partial charge is 0.355 e. The first-order chi connectivity index (χ1) is 5.29. The minimum atomic E-state index is 0.950. The predicted molar refractivity (Wildman–Crippen MR) is 48.6 cm³/mol. The lowest BCUT2D eigenvalue weighted by Gasteiger charge is -1.84. The maximum atomic E-state index is 3.87. The zero-order valence-corrected chi connectivity index (χ0v) is 6.22. The molecule has 0 fully saturated rings. The van der Waals surface area contributed by atoms with Gasteiger partial charge in [-0.25, -0.2) is 0 Å². The number of fused-ring (bicyclic) bond motifs is 1. The molecule has 54 valence electrons. The molecule has 0 saturated heterocycles. The molecule has 0 aliphatic carbocycles. The minimum absolute atomic E-state index is 0.950. The fourth-order valence-electron chi connectivity index (χ4n) is 1.33. The molecular formula is C10H9N. The fraction of sp³-hybridized carbons (Fsp3) is 0. The minimum Gasteiger partial charge on any atom is -0.355 e. The van der Waals surface area contributed by atoms with Crippen LogP contribution >= 0.6 is 0 Å². The van der Waals surface area contributed by atoms with E-state index in [0.717, 1.165) is 21.5 Å². The van der Waals surface area contributed by atoms with Gasteiger partial charge in [-0.2, -0.15) is 0 Å². The summed E-state index contributed by atoms with van der Waals surface area (Å²) in [6.45, 7) is 7.75. The quantitative estimate of drug-likeness (QED) is 0.566. The van der Waals surface area contributed by atoms with E-state index in [-0.39, 0.29) is 0 Å². The predicted octanol–water partition coefficient (Wildman–Crippen LogP) is 0.989. The van der Waals surface area contributed by atoms with Crippen LogP contribution in [-0.2, 0) is 0 Å². The van der Waals surface area contributed by atoms with Crippen molar-refractivity contribution < 1.29 is 0 Å². The summed E-state index contributed by atoms with van der Waals surface area (Å²) in [6.07, 6.45) is 0. The summed E-state index contributed by atoms with van der Waals surface area (Å²) in [7, 11) is 0. The molecule has 1 aromatic heterocycles. The highest BCUT2D eigenvalue weighted by Crippen LogP contribution is 2.01. The second-order valence-electron chi connectivity index (χ2n) is 2.63. The molecule has 0 aliphatic rings. The van der Waals surface area contributed by atoms with Crippen molar-refractivity contribution in [1.82, 2.24) is 4.98 Å². The van der Waals surface area contributed by atoms with Crippen molar-refractivity contribution in [3.63, 3.8) is 0 Å². The molecule has 0 bridgehead atoms. The Morgan fingerprint density at radius 1 is 0.909 bits per heavy atom. The monoisotopic (exact) mass is 143 g/mol. The number of aromatic amines is 1. The number of H-pyrrole nitrogens is 1. The van der Waals surface area contributed by atoms with Gasteiger partial charge in [-0.15, -0.1) is 0 Å². The van der Waals surface area contributed by atoms with E-state index >= 15 is 0 Å². The third-order valence-electron chi connectivity index (χ3n) is 1.88. The number of nitrogens with one attached hydrogen (secondary N) is 1. The molecule has 1 heteroatoms. The van der Waals surface area contributed by atoms with Gasteiger partial charge in [0.25, 0.3) is 0 Å². The molecule has 0 atom stereocenters. The summed E-state index contributed by atoms with van der Waals surface area (Å²) < 4.78 is 0. The van der Waals surface area contributed by atoms with Crippen LogP contribution in [0.15, 0.2) is 24.3 Å². The van der Waals surface area contributed by atoms with Gasteiger partial charge in [-0.05, 0) is 0 Å². The number of hydrogen-bond acceptors (Lipinski definition) is 0. The lowest BCUT2D eigenvalue weighted by atomic mass is 10.2. The maximum absolute atomic E-state index is 3.87. The van der Waals surface area contributed by atoms with E-state index in [1.54, 1.807) is 0 Å². The maximum Gasteiger partial charge on any atom is 0.0391 e. The van der Waals surface area contributed by atoms with E-state index in [1.807, 2.05) is 24.3 Å². The first-order valence-corrected chi connectivity index (χ1v) is 3.53. The highest BCUT2D eigenvalue weighted by atomic mass is 14.7. The fourth-order valence-corrected chi connectivity index (χ4v) is 1.33. The number of benzene rings is 1. The molecule has 2 rings (SSSR count). The summed E-state index contributed by atoms with van der Waals surface area (Å²) in [5.74, 6) is 0. The molecule has 0 unspecified atom stereocenters. The molecular weight excluding hydrogens is 134 g/mol. The smallest absolute Gasteiger partial charge is 0.0391 e. The van der Waals surface area contributed by atoms with Crippen LogP contribution in [0.3, 0.4) is 0 Å². The molecule has 11 heavy (non-hydrogen) atoms. The van der Waals surface area contributed by atoms with E-state index in [0.29, 0.717) is 0 Å². The Hall–Kier alpha value is -1.50. The van der Waals surface area contributed by atoms with Gasteiger partial charge in [-0.1, -0.05) is 37.4 Å². The van der Waals surface area contributed by atoms with Gasteiger partial charge in [0, 0.05) is 21.5 Å². The van der Waals surface area contributed by atoms with Crippen molar-refractivity contribution in [1.29, 1.82) is 0 Å². The summed E-state index contributed by atoms with van der Waals surface area (Å²) in [5.41, 5.74) is 0. The lowest BCUT2D eigenvalue weighted by Crippen LogP contribution is -2.04. The van der Waals surface area contributed by atoms with Crippen LogP contribution in [0.1, 0.15) is 0 Å². The van der Waals surface area contributed by atoms with Crippen molar-refractivity contribution in [2.45, 2.75) is 0 Å². The molecule has 2 aromatic rings. The zero-order valence-electron chi connectivity index (χ0n) is 6.22. The Morgan fingerprint density at radius 3 is 1.82 bits per heavy atom. The SMILES string of the molecule is C=c1[nH]c(=C)c2ccccc12. The van der Waals surface area contributed by atoms with Crippen molar-refractivity contribution >= 4 is 23.9 Å². The molecule has 1 aromatic carbocycles. The Kier molecular flexibility index (Phi) is 1.13. The molecule has 0 amide bonds. The topological polar surface area (TPSA) is 15.8 Å². The molecule has 1 N–H and O–H groups in total. The Morgan fingerprint density at radius 2 is 1.36 bits per heavy atom. The number of hydrogen-bond donors (Lipinski definition) is 1. The van der Waals surface area contributed by atoms with Gasteiger partial charge in [-0.3, -0.25) is 0 Å². The van der Waals surface area contributed by atoms with E-state index in [4.69, 9.17) is 0 Å². The van der Waals surface area contributed by atoms with E-state index in [9.17, 15) is 0 Å². The van der Waals surface area contributed by atoms with E-state index in [2.05, 4.69) is 18.1 Å². The van der Waals surface area contributed by atoms with Crippen LogP contribution in [0.4, 0.5) is 0 Å². The molecule has 0 radical (unpaired) electrons.